The molecule has 3 N–H and O–H groups in total. The Hall–Kier alpha value is -2.49. The van der Waals surface area contributed by atoms with Crippen LogP contribution in [0, 0.1) is 6.92 Å². The molecule has 0 amide bonds. The van der Waals surface area contributed by atoms with Gasteiger partial charge in [-0.25, -0.2) is 4.99 Å². The van der Waals surface area contributed by atoms with Crippen LogP contribution < -0.4 is 15.8 Å². The molecule has 2 rings (SSSR count). The topological polar surface area (TPSA) is 59.6 Å². The van der Waals surface area contributed by atoms with Crippen LogP contribution in [-0.2, 0) is 6.54 Å². The van der Waals surface area contributed by atoms with Crippen molar-refractivity contribution in [2.24, 2.45) is 10.7 Å². The number of para-hydroxylation sites is 1. The second-order valence-corrected chi connectivity index (χ2v) is 4.49. The molecule has 0 unspecified atom stereocenters. The molecule has 0 saturated carbocycles. The molecule has 0 bridgehead atoms. The lowest BCUT2D eigenvalue weighted by Gasteiger charge is -2.08. The van der Waals surface area contributed by atoms with Crippen molar-refractivity contribution in [1.29, 1.82) is 0 Å². The van der Waals surface area contributed by atoms with Crippen molar-refractivity contribution in [2.75, 3.05) is 12.4 Å². The second-order valence-electron chi connectivity index (χ2n) is 4.49. The van der Waals surface area contributed by atoms with Crippen LogP contribution in [-0.4, -0.2) is 13.1 Å². The number of hydrogen-bond donors (Lipinski definition) is 2. The maximum absolute atomic E-state index is 5.89. The lowest BCUT2D eigenvalue weighted by Crippen LogP contribution is -2.23. The molecule has 104 valence electrons. The van der Waals surface area contributed by atoms with Crippen LogP contribution in [0.5, 0.6) is 5.75 Å². The average molecular weight is 269 g/mol. The number of benzene rings is 2. The van der Waals surface area contributed by atoms with Gasteiger partial charge in [-0.3, -0.25) is 0 Å². The number of methoxy groups -OCH3 is 1. The lowest BCUT2D eigenvalue weighted by molar-refractivity contribution is 0.414. The van der Waals surface area contributed by atoms with Crippen LogP contribution in [0.25, 0.3) is 0 Å². The standard InChI is InChI=1S/C16H19N3O/c1-12-5-3-4-6-15(12)19-16(17)18-11-13-7-9-14(20-2)10-8-13/h3-10H,11H2,1-2H3,(H3,17,18,19). The van der Waals surface area contributed by atoms with Crippen molar-refractivity contribution in [3.05, 3.63) is 59.7 Å². The van der Waals surface area contributed by atoms with E-state index in [4.69, 9.17) is 10.5 Å². The Bertz CT molecular complexity index is 591. The highest BCUT2D eigenvalue weighted by atomic mass is 16.5. The van der Waals surface area contributed by atoms with E-state index in [1.54, 1.807) is 7.11 Å². The van der Waals surface area contributed by atoms with E-state index in [1.807, 2.05) is 55.5 Å². The summed E-state index contributed by atoms with van der Waals surface area (Å²) in [4.78, 5) is 4.33. The summed E-state index contributed by atoms with van der Waals surface area (Å²) < 4.78 is 5.11. The number of anilines is 1. The number of nitrogens with two attached hydrogens (primary N) is 1. The van der Waals surface area contributed by atoms with Crippen molar-refractivity contribution in [3.63, 3.8) is 0 Å². The van der Waals surface area contributed by atoms with Gasteiger partial charge in [0, 0.05) is 5.69 Å². The molecule has 0 saturated heterocycles. The van der Waals surface area contributed by atoms with Gasteiger partial charge in [-0.2, -0.15) is 0 Å². The highest BCUT2D eigenvalue weighted by molar-refractivity contribution is 5.92. The summed E-state index contributed by atoms with van der Waals surface area (Å²) in [5.41, 5.74) is 9.09. The maximum Gasteiger partial charge on any atom is 0.193 e. The van der Waals surface area contributed by atoms with Gasteiger partial charge < -0.3 is 15.8 Å². The zero-order chi connectivity index (χ0) is 14.4. The van der Waals surface area contributed by atoms with Gasteiger partial charge in [0.1, 0.15) is 5.75 Å². The van der Waals surface area contributed by atoms with E-state index < -0.39 is 0 Å². The summed E-state index contributed by atoms with van der Waals surface area (Å²) in [6, 6.07) is 15.7. The van der Waals surface area contributed by atoms with E-state index in [2.05, 4.69) is 10.3 Å². The van der Waals surface area contributed by atoms with Gasteiger partial charge in [0.15, 0.2) is 5.96 Å². The number of nitrogens with zero attached hydrogens (tertiary/aromatic N) is 1. The molecule has 4 heteroatoms. The predicted molar refractivity (Wildman–Crippen MR) is 83.1 cm³/mol. The molecule has 0 fully saturated rings. The number of ether oxygens (including phenoxy) is 1. The highest BCUT2D eigenvalue weighted by Crippen LogP contribution is 2.13. The van der Waals surface area contributed by atoms with Crippen LogP contribution in [0.2, 0.25) is 0 Å². The lowest BCUT2D eigenvalue weighted by atomic mass is 10.2. The fourth-order valence-electron chi connectivity index (χ4n) is 1.80. The van der Waals surface area contributed by atoms with Gasteiger partial charge in [0.05, 0.1) is 13.7 Å². The number of guanidine groups is 1. The predicted octanol–water partition coefficient (Wildman–Crippen LogP) is 2.93. The first-order valence-electron chi connectivity index (χ1n) is 6.44. The van der Waals surface area contributed by atoms with Crippen molar-refractivity contribution in [1.82, 2.24) is 0 Å². The summed E-state index contributed by atoms with van der Waals surface area (Å²) in [7, 11) is 1.65. The largest absolute Gasteiger partial charge is 0.497 e. The fraction of sp³-hybridized carbons (Fsp3) is 0.188. The molecular formula is C16H19N3O. The van der Waals surface area contributed by atoms with Crippen LogP contribution in [0.3, 0.4) is 0 Å². The van der Waals surface area contributed by atoms with Crippen LogP contribution in [0.1, 0.15) is 11.1 Å². The first-order valence-corrected chi connectivity index (χ1v) is 6.44. The van der Waals surface area contributed by atoms with E-state index >= 15 is 0 Å². The van der Waals surface area contributed by atoms with Crippen molar-refractivity contribution >= 4 is 11.6 Å². The van der Waals surface area contributed by atoms with E-state index in [-0.39, 0.29) is 0 Å². The van der Waals surface area contributed by atoms with Crippen molar-refractivity contribution in [3.8, 4) is 5.75 Å². The molecule has 2 aromatic carbocycles. The molecule has 20 heavy (non-hydrogen) atoms. The third-order valence-corrected chi connectivity index (χ3v) is 3.00. The Kier molecular flexibility index (Phi) is 4.60. The van der Waals surface area contributed by atoms with Gasteiger partial charge in [0.25, 0.3) is 0 Å². The molecule has 2 aromatic rings. The fourth-order valence-corrected chi connectivity index (χ4v) is 1.80. The number of aliphatic imine (C=N–C) groups is 1. The zero-order valence-electron chi connectivity index (χ0n) is 11.8. The molecule has 4 nitrogen and oxygen atoms in total. The van der Waals surface area contributed by atoms with Gasteiger partial charge in [-0.15, -0.1) is 0 Å². The second kappa shape index (κ2) is 6.61. The molecular weight excluding hydrogens is 250 g/mol. The molecule has 0 atom stereocenters. The number of aryl methyl sites for hydroxylation is 1. The summed E-state index contributed by atoms with van der Waals surface area (Å²) in [5.74, 6) is 1.25. The van der Waals surface area contributed by atoms with E-state index in [1.165, 1.54) is 0 Å². The van der Waals surface area contributed by atoms with Crippen LogP contribution in [0.15, 0.2) is 53.5 Å². The summed E-state index contributed by atoms with van der Waals surface area (Å²) in [5, 5.41) is 3.11. The number of nitrogens with one attached hydrogen (secondary N) is 1. The minimum Gasteiger partial charge on any atom is -0.497 e. The van der Waals surface area contributed by atoms with Gasteiger partial charge in [0.2, 0.25) is 0 Å². The molecule has 0 aliphatic heterocycles. The Balaban J connectivity index is 1.98. The molecule has 0 aliphatic rings. The third kappa shape index (κ3) is 3.75. The zero-order valence-corrected chi connectivity index (χ0v) is 11.8. The van der Waals surface area contributed by atoms with Gasteiger partial charge >= 0.3 is 0 Å². The highest BCUT2D eigenvalue weighted by Gasteiger charge is 1.98. The monoisotopic (exact) mass is 269 g/mol. The normalized spacial score (nSPS) is 11.2. The molecule has 0 heterocycles. The quantitative estimate of drug-likeness (QED) is 0.662. The molecule has 0 radical (unpaired) electrons. The first-order chi connectivity index (χ1) is 9.69. The van der Waals surface area contributed by atoms with E-state index in [0.717, 1.165) is 22.6 Å². The number of hydrogen-bond acceptors (Lipinski definition) is 2. The van der Waals surface area contributed by atoms with Crippen molar-refractivity contribution in [2.45, 2.75) is 13.5 Å². The molecule has 0 aliphatic carbocycles. The van der Waals surface area contributed by atoms with E-state index in [0.29, 0.717) is 12.5 Å². The minimum absolute atomic E-state index is 0.412. The minimum atomic E-state index is 0.412. The molecule has 0 aromatic heterocycles. The summed E-state index contributed by atoms with van der Waals surface area (Å²) in [6.07, 6.45) is 0. The van der Waals surface area contributed by atoms with Crippen LogP contribution >= 0.6 is 0 Å². The first kappa shape index (κ1) is 13.9. The summed E-state index contributed by atoms with van der Waals surface area (Å²) in [6.45, 7) is 2.56. The van der Waals surface area contributed by atoms with Crippen LogP contribution in [0.4, 0.5) is 5.69 Å². The average Bonchev–Trinajstić information content (AvgIpc) is 2.48. The molecule has 0 spiro atoms. The van der Waals surface area contributed by atoms with E-state index in [9.17, 15) is 0 Å². The van der Waals surface area contributed by atoms with Gasteiger partial charge in [-0.05, 0) is 36.2 Å². The Labute approximate surface area is 119 Å². The number of rotatable bonds is 4. The summed E-state index contributed by atoms with van der Waals surface area (Å²) >= 11 is 0. The Morgan fingerprint density at radius 1 is 1.15 bits per heavy atom. The van der Waals surface area contributed by atoms with Crippen molar-refractivity contribution < 1.29 is 4.74 Å². The SMILES string of the molecule is COc1ccc(CN=C(N)Nc2ccccc2C)cc1. The third-order valence-electron chi connectivity index (χ3n) is 3.00. The smallest absolute Gasteiger partial charge is 0.193 e. The Morgan fingerprint density at radius 2 is 1.85 bits per heavy atom. The Morgan fingerprint density at radius 3 is 2.50 bits per heavy atom. The maximum atomic E-state index is 5.89. The van der Waals surface area contributed by atoms with Gasteiger partial charge in [-0.1, -0.05) is 30.3 Å².